The van der Waals surface area contributed by atoms with E-state index in [9.17, 15) is 24.6 Å². The number of benzene rings is 2. The summed E-state index contributed by atoms with van der Waals surface area (Å²) < 4.78 is 12.4. The first-order valence-electron chi connectivity index (χ1n) is 11.6. The highest BCUT2D eigenvalue weighted by Gasteiger charge is 2.40. The molecule has 2 aromatic carbocycles. The van der Waals surface area contributed by atoms with Crippen molar-refractivity contribution in [3.05, 3.63) is 84.8 Å². The third kappa shape index (κ3) is 5.01. The number of nitrogens with two attached hydrogens (primary N) is 1. The van der Waals surface area contributed by atoms with Crippen LogP contribution in [0.4, 0.5) is 0 Å². The highest BCUT2D eigenvalue weighted by atomic mass is 32.1. The minimum Gasteiger partial charge on any atom is -0.508 e. The zero-order chi connectivity index (χ0) is 26.9. The number of phenols is 2. The number of ether oxygens (including phenoxy) is 2. The van der Waals surface area contributed by atoms with Crippen molar-refractivity contribution >= 4 is 40.7 Å². The molecule has 1 aromatic heterocycles. The molecule has 1 aliphatic rings. The lowest BCUT2D eigenvalue weighted by molar-refractivity contribution is -0.140. The number of esters is 2. The average Bonchev–Trinajstić information content (AvgIpc) is 3.16. The minimum atomic E-state index is -1.01. The van der Waals surface area contributed by atoms with E-state index in [1.807, 2.05) is 0 Å². The van der Waals surface area contributed by atoms with Crippen LogP contribution in [0.3, 0.4) is 0 Å². The molecule has 0 saturated carbocycles. The topological polar surface area (TPSA) is 141 Å². The minimum absolute atomic E-state index is 0.000631. The number of hydrogen-bond donors (Lipinski definition) is 3. The molecule has 9 nitrogen and oxygen atoms in total. The Morgan fingerprint density at radius 2 is 1.62 bits per heavy atom. The van der Waals surface area contributed by atoms with E-state index in [4.69, 9.17) is 15.2 Å². The van der Waals surface area contributed by atoms with Gasteiger partial charge in [-0.15, -0.1) is 11.3 Å². The van der Waals surface area contributed by atoms with Gasteiger partial charge in [0.15, 0.2) is 0 Å². The van der Waals surface area contributed by atoms with Gasteiger partial charge in [0.05, 0.1) is 34.3 Å². The van der Waals surface area contributed by atoms with Crippen LogP contribution < -0.4 is 20.5 Å². The van der Waals surface area contributed by atoms with Crippen molar-refractivity contribution in [2.24, 2.45) is 5.73 Å². The van der Waals surface area contributed by atoms with Gasteiger partial charge in [-0.1, -0.05) is 24.3 Å². The lowest BCUT2D eigenvalue weighted by Crippen LogP contribution is -2.42. The fourth-order valence-corrected chi connectivity index (χ4v) is 5.22. The summed E-state index contributed by atoms with van der Waals surface area (Å²) in [7, 11) is 0. The van der Waals surface area contributed by atoms with Gasteiger partial charge in [0, 0.05) is 0 Å². The molecule has 0 unspecified atom stereocenters. The number of phenolic OH excluding ortho intramolecular Hbond substituents is 2. The largest absolute Gasteiger partial charge is 0.508 e. The molecule has 2 heterocycles. The number of thiazole rings is 1. The Balaban J connectivity index is 2.10. The number of carbonyl (C=O) groups is 2. The lowest BCUT2D eigenvalue weighted by Gasteiger charge is -2.27. The molecular formula is C27H26N2O7S. The van der Waals surface area contributed by atoms with Crippen LogP contribution in [0.5, 0.6) is 11.5 Å². The van der Waals surface area contributed by atoms with Crippen molar-refractivity contribution in [1.82, 2.24) is 4.57 Å². The van der Waals surface area contributed by atoms with Gasteiger partial charge in [-0.3, -0.25) is 9.36 Å². The fourth-order valence-electron chi connectivity index (χ4n) is 4.05. The summed E-state index contributed by atoms with van der Waals surface area (Å²) in [5, 5.41) is 19.4. The number of rotatable bonds is 6. The predicted molar refractivity (Wildman–Crippen MR) is 139 cm³/mol. The Labute approximate surface area is 216 Å². The maximum atomic E-state index is 13.5. The number of carbonyl (C=O) groups excluding carboxylic acids is 2. The van der Waals surface area contributed by atoms with E-state index in [2.05, 4.69) is 0 Å². The first kappa shape index (κ1) is 25.8. The number of hydrogen-bond acceptors (Lipinski definition) is 9. The number of aromatic hydroxyl groups is 2. The molecule has 37 heavy (non-hydrogen) atoms. The predicted octanol–water partition coefficient (Wildman–Crippen LogP) is 1.74. The van der Waals surface area contributed by atoms with Crippen LogP contribution in [0, 0.1) is 0 Å². The molecule has 0 saturated heterocycles. The Hall–Kier alpha value is -4.31. The maximum Gasteiger partial charge on any atom is 0.338 e. The molecule has 1 atom stereocenters. The summed E-state index contributed by atoms with van der Waals surface area (Å²) in [4.78, 5) is 40.2. The molecule has 10 heteroatoms. The Bertz CT molecular complexity index is 1560. The second-order valence-corrected chi connectivity index (χ2v) is 9.59. The van der Waals surface area contributed by atoms with Crippen molar-refractivity contribution in [1.29, 1.82) is 0 Å². The SMILES string of the molecule is CCOC(=O)C1=C(N)n2c(sc(=Cc3ccc(O)cc3)c2=O)=C(C(=O)OC(C)C)[C@@H]1c1ccc(O)cc1. The third-order valence-corrected chi connectivity index (χ3v) is 6.73. The maximum absolute atomic E-state index is 13.5. The van der Waals surface area contributed by atoms with Gasteiger partial charge in [-0.2, -0.15) is 0 Å². The van der Waals surface area contributed by atoms with Crippen LogP contribution in [0.25, 0.3) is 17.5 Å². The standard InChI is InChI=1S/C27H26N2O7S/c1-4-35-26(33)21-20(16-7-11-18(31)12-8-16)22(27(34)36-14(2)3)25-29(23(21)28)24(32)19(37-25)13-15-5-9-17(30)10-6-15/h5-14,20,30-31H,4,28H2,1-3H3/t20-/m1/s1. The van der Waals surface area contributed by atoms with Crippen molar-refractivity contribution in [3.63, 3.8) is 0 Å². The molecule has 0 amide bonds. The van der Waals surface area contributed by atoms with E-state index in [1.165, 1.54) is 24.3 Å². The highest BCUT2D eigenvalue weighted by molar-refractivity contribution is 7.07. The normalized spacial score (nSPS) is 15.6. The third-order valence-electron chi connectivity index (χ3n) is 5.62. The Kier molecular flexibility index (Phi) is 7.21. The van der Waals surface area contributed by atoms with Crippen molar-refractivity contribution in [2.75, 3.05) is 6.61 Å². The lowest BCUT2D eigenvalue weighted by atomic mass is 9.83. The van der Waals surface area contributed by atoms with E-state index in [-0.39, 0.29) is 44.3 Å². The zero-order valence-electron chi connectivity index (χ0n) is 20.4. The molecule has 4 N–H and O–H groups in total. The summed E-state index contributed by atoms with van der Waals surface area (Å²) in [5.41, 5.74) is 7.04. The molecular weight excluding hydrogens is 496 g/mol. The molecule has 0 radical (unpaired) electrons. The van der Waals surface area contributed by atoms with Crippen LogP contribution in [0.1, 0.15) is 37.8 Å². The van der Waals surface area contributed by atoms with Gasteiger partial charge in [-0.05, 0) is 62.2 Å². The van der Waals surface area contributed by atoms with E-state index >= 15 is 0 Å². The summed E-state index contributed by atoms with van der Waals surface area (Å²) in [6.07, 6.45) is 1.13. The van der Waals surface area contributed by atoms with E-state index in [0.717, 1.165) is 15.9 Å². The van der Waals surface area contributed by atoms with Crippen LogP contribution in [0.2, 0.25) is 0 Å². The molecule has 0 bridgehead atoms. The molecule has 1 aliphatic heterocycles. The molecule has 0 fully saturated rings. The van der Waals surface area contributed by atoms with Gasteiger partial charge in [0.25, 0.3) is 5.56 Å². The second-order valence-electron chi connectivity index (χ2n) is 8.56. The van der Waals surface area contributed by atoms with E-state index in [0.29, 0.717) is 11.1 Å². The second kappa shape index (κ2) is 10.4. The molecule has 0 aliphatic carbocycles. The fraction of sp³-hybridized carbons (Fsp3) is 0.222. The summed E-state index contributed by atoms with van der Waals surface area (Å²) in [6, 6.07) is 12.3. The van der Waals surface area contributed by atoms with E-state index in [1.54, 1.807) is 51.1 Å². The van der Waals surface area contributed by atoms with Gasteiger partial charge in [0.1, 0.15) is 22.0 Å². The van der Waals surface area contributed by atoms with Gasteiger partial charge >= 0.3 is 11.9 Å². The molecule has 3 aromatic rings. The number of nitrogens with zero attached hydrogens (tertiary/aromatic N) is 1. The van der Waals surface area contributed by atoms with Crippen LogP contribution in [0.15, 0.2) is 58.9 Å². The molecule has 192 valence electrons. The van der Waals surface area contributed by atoms with Crippen molar-refractivity contribution in [2.45, 2.75) is 32.8 Å². The van der Waals surface area contributed by atoms with Crippen LogP contribution in [-0.4, -0.2) is 39.4 Å². The van der Waals surface area contributed by atoms with Crippen molar-refractivity contribution in [3.8, 4) is 11.5 Å². The summed E-state index contributed by atoms with van der Waals surface area (Å²) in [5.74, 6) is -2.58. The highest BCUT2D eigenvalue weighted by Crippen LogP contribution is 2.38. The van der Waals surface area contributed by atoms with Gasteiger partial charge < -0.3 is 25.4 Å². The monoisotopic (exact) mass is 522 g/mol. The Morgan fingerprint density at radius 3 is 2.19 bits per heavy atom. The average molecular weight is 523 g/mol. The summed E-state index contributed by atoms with van der Waals surface area (Å²) >= 11 is 1.04. The number of fused-ring (bicyclic) bond motifs is 1. The first-order chi connectivity index (χ1) is 17.6. The van der Waals surface area contributed by atoms with Crippen molar-refractivity contribution < 1.29 is 29.3 Å². The van der Waals surface area contributed by atoms with Crippen LogP contribution in [-0.2, 0) is 19.1 Å². The smallest absolute Gasteiger partial charge is 0.338 e. The number of aromatic nitrogens is 1. The Morgan fingerprint density at radius 1 is 1.03 bits per heavy atom. The van der Waals surface area contributed by atoms with Crippen LogP contribution >= 0.6 is 11.3 Å². The zero-order valence-corrected chi connectivity index (χ0v) is 21.2. The molecule has 0 spiro atoms. The van der Waals surface area contributed by atoms with Gasteiger partial charge in [-0.25, -0.2) is 9.59 Å². The first-order valence-corrected chi connectivity index (χ1v) is 12.4. The summed E-state index contributed by atoms with van der Waals surface area (Å²) in [6.45, 7) is 5.07. The quantitative estimate of drug-likeness (QED) is 0.416. The van der Waals surface area contributed by atoms with E-state index < -0.39 is 29.5 Å². The van der Waals surface area contributed by atoms with Gasteiger partial charge in [0.2, 0.25) is 0 Å². The molecule has 4 rings (SSSR count).